The van der Waals surface area contributed by atoms with E-state index in [2.05, 4.69) is 10.2 Å². The van der Waals surface area contributed by atoms with E-state index in [1.54, 1.807) is 6.26 Å². The predicted octanol–water partition coefficient (Wildman–Crippen LogP) is 3.14. The smallest absolute Gasteiger partial charge is 0.125 e. The zero-order valence-electron chi connectivity index (χ0n) is 12.3. The number of furan rings is 1. The minimum Gasteiger partial charge on any atom is -0.492 e. The Labute approximate surface area is 120 Å². The fraction of sp³-hybridized carbons (Fsp3) is 0.375. The largest absolute Gasteiger partial charge is 0.492 e. The van der Waals surface area contributed by atoms with Gasteiger partial charge in [0.15, 0.2) is 0 Å². The molecule has 1 N–H and O–H groups in total. The maximum Gasteiger partial charge on any atom is 0.125 e. The lowest BCUT2D eigenvalue weighted by molar-refractivity contribution is 0.261. The van der Waals surface area contributed by atoms with Gasteiger partial charge >= 0.3 is 0 Å². The van der Waals surface area contributed by atoms with Gasteiger partial charge in [-0.2, -0.15) is 0 Å². The van der Waals surface area contributed by atoms with Crippen LogP contribution in [0.15, 0.2) is 41.0 Å². The molecule has 4 heteroatoms. The van der Waals surface area contributed by atoms with Crippen molar-refractivity contribution in [3.8, 4) is 5.75 Å². The first kappa shape index (κ1) is 14.5. The van der Waals surface area contributed by atoms with Crippen LogP contribution in [0, 0.1) is 6.92 Å². The molecule has 0 aliphatic rings. The van der Waals surface area contributed by atoms with E-state index in [1.807, 2.05) is 51.4 Å². The Bertz CT molecular complexity index is 535. The summed E-state index contributed by atoms with van der Waals surface area (Å²) in [6, 6.07) is 9.96. The van der Waals surface area contributed by atoms with Crippen molar-refractivity contribution in [1.82, 2.24) is 4.90 Å². The van der Waals surface area contributed by atoms with Gasteiger partial charge in [-0.15, -0.1) is 0 Å². The molecular weight excluding hydrogens is 252 g/mol. The summed E-state index contributed by atoms with van der Waals surface area (Å²) in [4.78, 5) is 2.10. The number of hydrogen-bond donors (Lipinski definition) is 1. The highest BCUT2D eigenvalue weighted by molar-refractivity contribution is 5.48. The predicted molar refractivity (Wildman–Crippen MR) is 81.3 cm³/mol. The number of ether oxygens (including phenoxy) is 1. The van der Waals surface area contributed by atoms with Gasteiger partial charge in [0.25, 0.3) is 0 Å². The average molecular weight is 274 g/mol. The molecule has 2 rings (SSSR count). The maximum atomic E-state index is 5.71. The number of nitrogens with zero attached hydrogens (tertiary/aromatic N) is 1. The molecule has 4 nitrogen and oxygen atoms in total. The van der Waals surface area contributed by atoms with Gasteiger partial charge in [-0.25, -0.2) is 0 Å². The monoisotopic (exact) mass is 274 g/mol. The Morgan fingerprint density at radius 3 is 2.80 bits per heavy atom. The summed E-state index contributed by atoms with van der Waals surface area (Å²) in [5, 5.41) is 3.34. The van der Waals surface area contributed by atoms with Crippen molar-refractivity contribution in [3.05, 3.63) is 47.9 Å². The number of anilines is 1. The number of aryl methyl sites for hydroxylation is 1. The highest BCUT2D eigenvalue weighted by Gasteiger charge is 2.02. The highest BCUT2D eigenvalue weighted by Crippen LogP contribution is 2.19. The van der Waals surface area contributed by atoms with Crippen LogP contribution in [0.2, 0.25) is 0 Å². The number of likely N-dealkylation sites (N-methyl/N-ethyl adjacent to an activating group) is 1. The molecule has 0 bridgehead atoms. The normalized spacial score (nSPS) is 10.8. The molecule has 1 heterocycles. The van der Waals surface area contributed by atoms with Crippen molar-refractivity contribution in [2.45, 2.75) is 13.5 Å². The summed E-state index contributed by atoms with van der Waals surface area (Å²) >= 11 is 0. The van der Waals surface area contributed by atoms with Crippen LogP contribution in [0.4, 0.5) is 5.69 Å². The zero-order chi connectivity index (χ0) is 14.4. The van der Waals surface area contributed by atoms with Crippen LogP contribution in [-0.4, -0.2) is 32.1 Å². The Kier molecular flexibility index (Phi) is 5.07. The van der Waals surface area contributed by atoms with Crippen LogP contribution < -0.4 is 10.1 Å². The molecule has 0 unspecified atom stereocenters. The third kappa shape index (κ3) is 4.31. The second kappa shape index (κ2) is 7.01. The van der Waals surface area contributed by atoms with Gasteiger partial charge in [-0.05, 0) is 44.8 Å². The quantitative estimate of drug-likeness (QED) is 0.841. The summed E-state index contributed by atoms with van der Waals surface area (Å²) in [5.41, 5.74) is 2.19. The van der Waals surface area contributed by atoms with Crippen molar-refractivity contribution in [3.63, 3.8) is 0 Å². The van der Waals surface area contributed by atoms with Gasteiger partial charge in [0.1, 0.15) is 18.1 Å². The molecule has 0 fully saturated rings. The van der Waals surface area contributed by atoms with E-state index in [9.17, 15) is 0 Å². The van der Waals surface area contributed by atoms with Gasteiger partial charge in [0, 0.05) is 18.3 Å². The number of nitrogens with one attached hydrogen (secondary N) is 1. The summed E-state index contributed by atoms with van der Waals surface area (Å²) in [6.45, 7) is 4.32. The first-order chi connectivity index (χ1) is 9.65. The van der Waals surface area contributed by atoms with Crippen molar-refractivity contribution < 1.29 is 9.15 Å². The van der Waals surface area contributed by atoms with Crippen LogP contribution in [0.5, 0.6) is 5.75 Å². The topological polar surface area (TPSA) is 37.6 Å². The molecule has 0 aliphatic carbocycles. The fourth-order valence-electron chi connectivity index (χ4n) is 1.81. The highest BCUT2D eigenvalue weighted by atomic mass is 16.5. The third-order valence-electron chi connectivity index (χ3n) is 3.06. The molecule has 108 valence electrons. The molecule has 1 aromatic carbocycles. The molecule has 1 aromatic heterocycles. The standard InChI is InChI=1S/C16H22N2O2/c1-13-7-9-20-16(13)12-17-14-5-4-6-15(11-14)19-10-8-18(2)3/h4-7,9,11,17H,8,10,12H2,1-3H3. The minimum atomic E-state index is 0.681. The third-order valence-corrected chi connectivity index (χ3v) is 3.06. The molecule has 0 saturated carbocycles. The first-order valence-corrected chi connectivity index (χ1v) is 6.79. The molecule has 2 aromatic rings. The van der Waals surface area contributed by atoms with E-state index in [1.165, 1.54) is 0 Å². The number of benzene rings is 1. The van der Waals surface area contributed by atoms with Crippen LogP contribution in [0.3, 0.4) is 0 Å². The second-order valence-electron chi connectivity index (χ2n) is 5.06. The van der Waals surface area contributed by atoms with Crippen LogP contribution in [0.1, 0.15) is 11.3 Å². The van der Waals surface area contributed by atoms with Crippen LogP contribution in [-0.2, 0) is 6.54 Å². The molecule has 0 saturated heterocycles. The lowest BCUT2D eigenvalue weighted by atomic mass is 10.2. The van der Waals surface area contributed by atoms with E-state index < -0.39 is 0 Å². The van der Waals surface area contributed by atoms with Gasteiger partial charge < -0.3 is 19.4 Å². The van der Waals surface area contributed by atoms with Crippen molar-refractivity contribution >= 4 is 5.69 Å². The molecule has 20 heavy (non-hydrogen) atoms. The Balaban J connectivity index is 1.87. The van der Waals surface area contributed by atoms with Gasteiger partial charge in [0.2, 0.25) is 0 Å². The average Bonchev–Trinajstić information content (AvgIpc) is 2.82. The summed E-state index contributed by atoms with van der Waals surface area (Å²) < 4.78 is 11.1. The first-order valence-electron chi connectivity index (χ1n) is 6.79. The molecule has 0 radical (unpaired) electrons. The van der Waals surface area contributed by atoms with Crippen molar-refractivity contribution in [2.24, 2.45) is 0 Å². The second-order valence-corrected chi connectivity index (χ2v) is 5.06. The van der Waals surface area contributed by atoms with E-state index in [-0.39, 0.29) is 0 Å². The van der Waals surface area contributed by atoms with Gasteiger partial charge in [0.05, 0.1) is 12.8 Å². The fourth-order valence-corrected chi connectivity index (χ4v) is 1.81. The minimum absolute atomic E-state index is 0.681. The van der Waals surface area contributed by atoms with Gasteiger partial charge in [-0.1, -0.05) is 6.07 Å². The van der Waals surface area contributed by atoms with E-state index >= 15 is 0 Å². The number of rotatable bonds is 7. The summed E-state index contributed by atoms with van der Waals surface area (Å²) in [7, 11) is 4.07. The Morgan fingerprint density at radius 1 is 1.25 bits per heavy atom. The molecule has 0 atom stereocenters. The van der Waals surface area contributed by atoms with E-state index in [0.29, 0.717) is 13.2 Å². The van der Waals surface area contributed by atoms with E-state index in [4.69, 9.17) is 9.15 Å². The van der Waals surface area contributed by atoms with Crippen molar-refractivity contribution in [2.75, 3.05) is 32.6 Å². The lowest BCUT2D eigenvalue weighted by Gasteiger charge is -2.12. The van der Waals surface area contributed by atoms with Crippen LogP contribution in [0.25, 0.3) is 0 Å². The lowest BCUT2D eigenvalue weighted by Crippen LogP contribution is -2.19. The Hall–Kier alpha value is -1.94. The maximum absolute atomic E-state index is 5.71. The summed E-state index contributed by atoms with van der Waals surface area (Å²) in [5.74, 6) is 1.84. The van der Waals surface area contributed by atoms with Gasteiger partial charge in [-0.3, -0.25) is 0 Å². The zero-order valence-corrected chi connectivity index (χ0v) is 12.3. The molecule has 0 amide bonds. The SMILES string of the molecule is Cc1ccoc1CNc1cccc(OCCN(C)C)c1. The van der Waals surface area contributed by atoms with Crippen molar-refractivity contribution in [1.29, 1.82) is 0 Å². The Morgan fingerprint density at radius 2 is 2.10 bits per heavy atom. The molecule has 0 spiro atoms. The molecule has 0 aliphatic heterocycles. The molecular formula is C16H22N2O2. The van der Waals surface area contributed by atoms with E-state index in [0.717, 1.165) is 29.3 Å². The summed E-state index contributed by atoms with van der Waals surface area (Å²) in [6.07, 6.45) is 1.72. The number of hydrogen-bond acceptors (Lipinski definition) is 4. The van der Waals surface area contributed by atoms with Crippen LogP contribution >= 0.6 is 0 Å².